The Labute approximate surface area is 196 Å². The number of halogens is 1. The molecular weight excluding hydrogens is 433 g/mol. The first-order chi connectivity index (χ1) is 16.2. The van der Waals surface area contributed by atoms with Gasteiger partial charge >= 0.3 is 0 Å². The lowest BCUT2D eigenvalue weighted by molar-refractivity contribution is 0.102. The number of hydrogen-bond acceptors (Lipinski definition) is 7. The number of benzene rings is 1. The van der Waals surface area contributed by atoms with Crippen molar-refractivity contribution in [2.75, 3.05) is 23.3 Å². The van der Waals surface area contributed by atoms with E-state index in [1.54, 1.807) is 0 Å². The van der Waals surface area contributed by atoms with Gasteiger partial charge in [-0.05, 0) is 63.1 Å². The van der Waals surface area contributed by atoms with Gasteiger partial charge in [0.2, 0.25) is 0 Å². The van der Waals surface area contributed by atoms with Crippen molar-refractivity contribution in [2.45, 2.75) is 33.4 Å². The average Bonchev–Trinajstić information content (AvgIpc) is 3.30. The molecule has 2 aliphatic rings. The highest BCUT2D eigenvalue weighted by Crippen LogP contribution is 2.36. The third kappa shape index (κ3) is 3.93. The molecule has 34 heavy (non-hydrogen) atoms. The second-order valence-corrected chi connectivity index (χ2v) is 8.90. The molecule has 2 aromatic heterocycles. The van der Waals surface area contributed by atoms with E-state index < -0.39 is 11.6 Å². The maximum Gasteiger partial charge on any atom is 0.276 e. The summed E-state index contributed by atoms with van der Waals surface area (Å²) >= 11 is 0. The van der Waals surface area contributed by atoms with E-state index in [1.165, 1.54) is 26.1 Å². The summed E-state index contributed by atoms with van der Waals surface area (Å²) in [6, 6.07) is 7.10. The zero-order valence-electron chi connectivity index (χ0n) is 19.4. The minimum absolute atomic E-state index is 0.0509. The number of nitrogens with one attached hydrogen (secondary N) is 1. The van der Waals surface area contributed by atoms with Gasteiger partial charge in [0.1, 0.15) is 23.1 Å². The van der Waals surface area contributed by atoms with Crippen LogP contribution in [0.1, 0.15) is 52.4 Å². The Balaban J connectivity index is 1.49. The molecule has 172 valence electrons. The molecule has 0 saturated carbocycles. The lowest BCUT2D eigenvalue weighted by atomic mass is 9.94. The number of alkyl halides is 1. The molecule has 1 N–H and O–H groups in total. The van der Waals surface area contributed by atoms with Crippen LogP contribution in [0.5, 0.6) is 0 Å². The number of amidine groups is 1. The van der Waals surface area contributed by atoms with Gasteiger partial charge in [0.05, 0.1) is 12.7 Å². The molecule has 5 rings (SSSR count). The van der Waals surface area contributed by atoms with Crippen LogP contribution in [0.3, 0.4) is 0 Å². The lowest BCUT2D eigenvalue weighted by Crippen LogP contribution is -2.32. The molecule has 2 aliphatic heterocycles. The van der Waals surface area contributed by atoms with E-state index in [0.29, 0.717) is 23.6 Å². The predicted octanol–water partition coefficient (Wildman–Crippen LogP) is 4.11. The Hall–Kier alpha value is -4.01. The van der Waals surface area contributed by atoms with Crippen molar-refractivity contribution >= 4 is 34.9 Å². The lowest BCUT2D eigenvalue weighted by Gasteiger charge is -2.28. The SMILES string of the molecule is Cc1ncc2c(n1)N1CCN=C1C(c1cc(NC(=O)c3cc(C(C)(C)F)cnn3)ccc1C)=C2. The number of aryl methyl sites for hydroxylation is 2. The van der Waals surface area contributed by atoms with Crippen molar-refractivity contribution in [3.63, 3.8) is 0 Å². The Kier molecular flexibility index (Phi) is 5.19. The first-order valence-corrected chi connectivity index (χ1v) is 11.0. The summed E-state index contributed by atoms with van der Waals surface area (Å²) in [6.07, 6.45) is 5.20. The first-order valence-electron chi connectivity index (χ1n) is 11.0. The smallest absolute Gasteiger partial charge is 0.276 e. The third-order valence-electron chi connectivity index (χ3n) is 5.91. The summed E-state index contributed by atoms with van der Waals surface area (Å²) < 4.78 is 14.3. The fourth-order valence-electron chi connectivity index (χ4n) is 4.08. The molecule has 0 atom stereocenters. The Bertz CT molecular complexity index is 1370. The summed E-state index contributed by atoms with van der Waals surface area (Å²) in [7, 11) is 0. The number of aromatic nitrogens is 4. The number of nitrogens with zero attached hydrogens (tertiary/aromatic N) is 6. The van der Waals surface area contributed by atoms with Crippen molar-refractivity contribution in [1.29, 1.82) is 0 Å². The van der Waals surface area contributed by atoms with Crippen molar-refractivity contribution < 1.29 is 9.18 Å². The highest BCUT2D eigenvalue weighted by molar-refractivity contribution is 6.36. The van der Waals surface area contributed by atoms with Crippen molar-refractivity contribution in [3.05, 3.63) is 70.4 Å². The normalized spacial score (nSPS) is 14.8. The van der Waals surface area contributed by atoms with Crippen LogP contribution in [0.2, 0.25) is 0 Å². The fourth-order valence-corrected chi connectivity index (χ4v) is 4.08. The number of rotatable bonds is 4. The highest BCUT2D eigenvalue weighted by atomic mass is 19.1. The van der Waals surface area contributed by atoms with Gasteiger partial charge in [0.15, 0.2) is 5.69 Å². The van der Waals surface area contributed by atoms with Crippen molar-refractivity contribution in [2.24, 2.45) is 4.99 Å². The van der Waals surface area contributed by atoms with Crippen LogP contribution in [-0.4, -0.2) is 45.0 Å². The Morgan fingerprint density at radius 1 is 1.18 bits per heavy atom. The number of fused-ring (bicyclic) bond motifs is 3. The molecule has 1 aromatic carbocycles. The molecule has 0 spiro atoms. The van der Waals surface area contributed by atoms with Crippen molar-refractivity contribution in [1.82, 2.24) is 20.2 Å². The molecule has 1 amide bonds. The number of aliphatic imine (C=N–C) groups is 1. The van der Waals surface area contributed by atoms with Gasteiger partial charge in [-0.15, -0.1) is 5.10 Å². The number of anilines is 2. The molecular formula is C25H24FN7O. The molecule has 8 nitrogen and oxygen atoms in total. The van der Waals surface area contributed by atoms with E-state index in [4.69, 9.17) is 4.99 Å². The van der Waals surface area contributed by atoms with Crippen LogP contribution < -0.4 is 10.2 Å². The average molecular weight is 458 g/mol. The summed E-state index contributed by atoms with van der Waals surface area (Å²) in [6.45, 7) is 8.15. The van der Waals surface area contributed by atoms with E-state index in [-0.39, 0.29) is 5.69 Å². The van der Waals surface area contributed by atoms with E-state index >= 15 is 0 Å². The van der Waals surface area contributed by atoms with E-state index in [2.05, 4.69) is 30.4 Å². The third-order valence-corrected chi connectivity index (χ3v) is 5.91. The van der Waals surface area contributed by atoms with Crippen LogP contribution in [0.4, 0.5) is 15.9 Å². The molecule has 0 fully saturated rings. The first kappa shape index (κ1) is 21.8. The number of amides is 1. The maximum atomic E-state index is 14.3. The van der Waals surface area contributed by atoms with Crippen LogP contribution >= 0.6 is 0 Å². The quantitative estimate of drug-likeness (QED) is 0.633. The van der Waals surface area contributed by atoms with Gasteiger partial charge in [-0.3, -0.25) is 9.79 Å². The van der Waals surface area contributed by atoms with Gasteiger partial charge in [-0.1, -0.05) is 6.07 Å². The standard InChI is InChI=1S/C25H24FN7O/c1-14-5-6-18(31-24(34)21-10-17(13-29-32-21)25(3,4)26)11-19(14)20-9-16-12-28-15(2)30-22(16)33-8-7-27-23(20)33/h5-6,9-13H,7-8H2,1-4H3,(H,31,34). The fraction of sp³-hybridized carbons (Fsp3) is 0.280. The number of hydrogen-bond donors (Lipinski definition) is 1. The molecule has 0 radical (unpaired) electrons. The van der Waals surface area contributed by atoms with E-state index in [9.17, 15) is 9.18 Å². The predicted molar refractivity (Wildman–Crippen MR) is 130 cm³/mol. The maximum absolute atomic E-state index is 14.3. The zero-order chi connectivity index (χ0) is 24.0. The minimum atomic E-state index is -1.62. The van der Waals surface area contributed by atoms with Crippen LogP contribution in [0.15, 0.2) is 41.7 Å². The zero-order valence-corrected chi connectivity index (χ0v) is 19.4. The molecule has 3 aromatic rings. The summed E-state index contributed by atoms with van der Waals surface area (Å²) in [5, 5.41) is 10.5. The summed E-state index contributed by atoms with van der Waals surface area (Å²) in [5.74, 6) is 1.98. The van der Waals surface area contributed by atoms with Gasteiger partial charge in [0, 0.05) is 35.1 Å². The van der Waals surface area contributed by atoms with Gasteiger partial charge in [0.25, 0.3) is 5.91 Å². The molecule has 0 aliphatic carbocycles. The monoisotopic (exact) mass is 457 g/mol. The molecule has 0 unspecified atom stereocenters. The number of carbonyl (C=O) groups is 1. The topological polar surface area (TPSA) is 96.3 Å². The largest absolute Gasteiger partial charge is 0.321 e. The van der Waals surface area contributed by atoms with Gasteiger partial charge in [-0.2, -0.15) is 5.10 Å². The van der Waals surface area contributed by atoms with Crippen LogP contribution in [0.25, 0.3) is 11.6 Å². The Morgan fingerprint density at radius 3 is 2.79 bits per heavy atom. The van der Waals surface area contributed by atoms with Crippen LogP contribution in [-0.2, 0) is 5.67 Å². The summed E-state index contributed by atoms with van der Waals surface area (Å²) in [4.78, 5) is 28.7. The Morgan fingerprint density at radius 2 is 2.00 bits per heavy atom. The van der Waals surface area contributed by atoms with E-state index in [0.717, 1.165) is 40.5 Å². The minimum Gasteiger partial charge on any atom is -0.321 e. The summed E-state index contributed by atoms with van der Waals surface area (Å²) in [5.41, 5.74) is 3.17. The second-order valence-electron chi connectivity index (χ2n) is 8.90. The van der Waals surface area contributed by atoms with E-state index in [1.807, 2.05) is 44.3 Å². The second kappa shape index (κ2) is 8.09. The van der Waals surface area contributed by atoms with Gasteiger partial charge in [-0.25, -0.2) is 14.4 Å². The molecule has 0 saturated heterocycles. The molecule has 0 bridgehead atoms. The van der Waals surface area contributed by atoms with Crippen molar-refractivity contribution in [3.8, 4) is 0 Å². The molecule has 4 heterocycles. The number of carbonyl (C=O) groups excluding carboxylic acids is 1. The van der Waals surface area contributed by atoms with Crippen LogP contribution in [0, 0.1) is 13.8 Å². The van der Waals surface area contributed by atoms with Gasteiger partial charge < -0.3 is 10.2 Å². The molecule has 9 heteroatoms. The highest BCUT2D eigenvalue weighted by Gasteiger charge is 2.31.